The Balaban J connectivity index is 1.47. The van der Waals surface area contributed by atoms with Crippen LogP contribution in [0.3, 0.4) is 0 Å². The Morgan fingerprint density at radius 3 is 2.82 bits per heavy atom. The molecule has 0 spiro atoms. The number of nitrogens with zero attached hydrogens (tertiary/aromatic N) is 1. The first-order chi connectivity index (χ1) is 10.5. The van der Waals surface area contributed by atoms with Crippen LogP contribution in [0.2, 0.25) is 0 Å². The molecule has 1 N–H and O–H groups in total. The highest BCUT2D eigenvalue weighted by atomic mass is 32.1. The van der Waals surface area contributed by atoms with Gasteiger partial charge in [0.05, 0.1) is 14.7 Å². The first-order valence-electron chi connectivity index (χ1n) is 8.10. The van der Waals surface area contributed by atoms with Crippen molar-refractivity contribution in [3.8, 4) is 0 Å². The number of amides is 1. The summed E-state index contributed by atoms with van der Waals surface area (Å²) in [5.41, 5.74) is 0.0546. The fourth-order valence-electron chi connectivity index (χ4n) is 5.24. The summed E-state index contributed by atoms with van der Waals surface area (Å²) >= 11 is 1.22. The summed E-state index contributed by atoms with van der Waals surface area (Å²) in [5, 5.41) is 14.1. The predicted molar refractivity (Wildman–Crippen MR) is 84.0 cm³/mol. The molecule has 5 unspecified atom stereocenters. The topological polar surface area (TPSA) is 72.2 Å². The normalized spacial score (nSPS) is 35.6. The number of nitro groups is 1. The Morgan fingerprint density at radius 1 is 1.32 bits per heavy atom. The van der Waals surface area contributed by atoms with E-state index in [9.17, 15) is 14.9 Å². The molecular formula is C16H20N2O3S. The third kappa shape index (κ3) is 2.07. The zero-order valence-electron chi connectivity index (χ0n) is 12.6. The van der Waals surface area contributed by atoms with Crippen LogP contribution in [0, 0.1) is 40.7 Å². The maximum absolute atomic E-state index is 12.4. The molecular weight excluding hydrogens is 300 g/mol. The molecule has 1 amide bonds. The maximum atomic E-state index is 12.4. The van der Waals surface area contributed by atoms with E-state index in [0.29, 0.717) is 15.7 Å². The third-order valence-corrected chi connectivity index (χ3v) is 7.10. The lowest BCUT2D eigenvalue weighted by Crippen LogP contribution is -2.42. The lowest BCUT2D eigenvalue weighted by atomic mass is 9.79. The number of carbonyl (C=O) groups is 1. The molecule has 2 bridgehead atoms. The summed E-state index contributed by atoms with van der Waals surface area (Å²) in [7, 11) is 0. The molecule has 0 radical (unpaired) electrons. The first kappa shape index (κ1) is 14.2. The number of thiophene rings is 1. The van der Waals surface area contributed by atoms with Crippen LogP contribution in [-0.2, 0) is 0 Å². The van der Waals surface area contributed by atoms with Gasteiger partial charge in [-0.1, -0.05) is 6.42 Å². The molecule has 3 fully saturated rings. The van der Waals surface area contributed by atoms with Gasteiger partial charge in [-0.3, -0.25) is 14.9 Å². The molecule has 5 nitrogen and oxygen atoms in total. The van der Waals surface area contributed by atoms with E-state index in [-0.39, 0.29) is 17.6 Å². The van der Waals surface area contributed by atoms with Crippen molar-refractivity contribution in [2.45, 2.75) is 45.1 Å². The molecule has 0 aliphatic heterocycles. The van der Waals surface area contributed by atoms with E-state index < -0.39 is 4.92 Å². The smallest absolute Gasteiger partial charge is 0.283 e. The van der Waals surface area contributed by atoms with Crippen molar-refractivity contribution in [1.82, 2.24) is 5.32 Å². The zero-order chi connectivity index (χ0) is 15.4. The quantitative estimate of drug-likeness (QED) is 0.684. The number of rotatable bonds is 3. The highest BCUT2D eigenvalue weighted by Gasteiger charge is 2.54. The monoisotopic (exact) mass is 320 g/mol. The number of fused-ring (bicyclic) bond motifs is 5. The average molecular weight is 320 g/mol. The van der Waals surface area contributed by atoms with Gasteiger partial charge in [-0.2, -0.15) is 0 Å². The van der Waals surface area contributed by atoms with E-state index in [4.69, 9.17) is 0 Å². The molecule has 118 valence electrons. The second-order valence-electron chi connectivity index (χ2n) is 7.04. The predicted octanol–water partition coefficient (Wildman–Crippen LogP) is 3.52. The number of hydrogen-bond acceptors (Lipinski definition) is 4. The third-order valence-electron chi connectivity index (χ3n) is 6.06. The zero-order valence-corrected chi connectivity index (χ0v) is 13.4. The summed E-state index contributed by atoms with van der Waals surface area (Å²) in [5.74, 6) is 3.01. The minimum absolute atomic E-state index is 0.0546. The molecule has 0 saturated heterocycles. The largest absolute Gasteiger partial charge is 0.348 e. The molecule has 4 rings (SSSR count). The van der Waals surface area contributed by atoms with E-state index in [0.717, 1.165) is 24.2 Å². The average Bonchev–Trinajstić information content (AvgIpc) is 3.17. The van der Waals surface area contributed by atoms with Crippen molar-refractivity contribution >= 4 is 22.9 Å². The fourth-order valence-corrected chi connectivity index (χ4v) is 6.13. The summed E-state index contributed by atoms with van der Waals surface area (Å²) < 4.78 is 0. The molecule has 6 heteroatoms. The number of aryl methyl sites for hydroxylation is 1. The number of carbonyl (C=O) groups excluding carboxylic acids is 1. The van der Waals surface area contributed by atoms with Crippen LogP contribution in [-0.4, -0.2) is 16.9 Å². The van der Waals surface area contributed by atoms with Gasteiger partial charge in [0, 0.05) is 12.1 Å². The van der Waals surface area contributed by atoms with E-state index in [2.05, 4.69) is 5.32 Å². The molecule has 0 aromatic carbocycles. The standard InChI is InChI=1S/C16H20N2O3S/c1-8-14(18(20)21)7-15(22-8)16(19)17-13-6-9-5-12(13)11-4-2-3-10(9)11/h7,9-13H,2-6H2,1H3,(H,17,19). The highest BCUT2D eigenvalue weighted by molar-refractivity contribution is 7.14. The van der Waals surface area contributed by atoms with Gasteiger partial charge in [-0.15, -0.1) is 11.3 Å². The van der Waals surface area contributed by atoms with Crippen LogP contribution >= 0.6 is 11.3 Å². The molecule has 22 heavy (non-hydrogen) atoms. The minimum Gasteiger partial charge on any atom is -0.348 e. The van der Waals surface area contributed by atoms with Crippen molar-refractivity contribution in [2.75, 3.05) is 0 Å². The number of hydrogen-bond donors (Lipinski definition) is 1. The molecule has 5 atom stereocenters. The van der Waals surface area contributed by atoms with E-state index in [1.165, 1.54) is 43.1 Å². The van der Waals surface area contributed by atoms with Crippen molar-refractivity contribution in [1.29, 1.82) is 0 Å². The van der Waals surface area contributed by atoms with Crippen LogP contribution in [0.4, 0.5) is 5.69 Å². The highest BCUT2D eigenvalue weighted by Crippen LogP contribution is 2.58. The second-order valence-corrected chi connectivity index (χ2v) is 8.30. The first-order valence-corrected chi connectivity index (χ1v) is 8.92. The lowest BCUT2D eigenvalue weighted by molar-refractivity contribution is -0.385. The second kappa shape index (κ2) is 5.05. The van der Waals surface area contributed by atoms with Crippen LogP contribution < -0.4 is 5.32 Å². The van der Waals surface area contributed by atoms with Gasteiger partial charge in [0.1, 0.15) is 0 Å². The van der Waals surface area contributed by atoms with Crippen LogP contribution in [0.1, 0.15) is 46.7 Å². The number of nitrogens with one attached hydrogen (secondary N) is 1. The van der Waals surface area contributed by atoms with Crippen LogP contribution in [0.15, 0.2) is 6.07 Å². The van der Waals surface area contributed by atoms with Gasteiger partial charge in [0.2, 0.25) is 0 Å². The van der Waals surface area contributed by atoms with Gasteiger partial charge in [0.25, 0.3) is 11.6 Å². The summed E-state index contributed by atoms with van der Waals surface area (Å²) in [6.07, 6.45) is 6.41. The van der Waals surface area contributed by atoms with Crippen LogP contribution in [0.25, 0.3) is 0 Å². The molecule has 1 aromatic heterocycles. The van der Waals surface area contributed by atoms with Gasteiger partial charge in [-0.05, 0) is 56.3 Å². The van der Waals surface area contributed by atoms with E-state index in [1.807, 2.05) is 0 Å². The lowest BCUT2D eigenvalue weighted by Gasteiger charge is -2.31. The molecule has 3 saturated carbocycles. The molecule has 3 aliphatic carbocycles. The summed E-state index contributed by atoms with van der Waals surface area (Å²) in [4.78, 5) is 24.0. The summed E-state index contributed by atoms with van der Waals surface area (Å²) in [6.45, 7) is 1.69. The Morgan fingerprint density at radius 2 is 2.09 bits per heavy atom. The Hall–Kier alpha value is -1.43. The fraction of sp³-hybridized carbons (Fsp3) is 0.688. The Bertz CT molecular complexity index is 641. The maximum Gasteiger partial charge on any atom is 0.283 e. The van der Waals surface area contributed by atoms with Crippen LogP contribution in [0.5, 0.6) is 0 Å². The van der Waals surface area contributed by atoms with Gasteiger partial charge >= 0.3 is 0 Å². The van der Waals surface area contributed by atoms with Gasteiger partial charge < -0.3 is 5.32 Å². The minimum atomic E-state index is -0.413. The van der Waals surface area contributed by atoms with Crippen molar-refractivity contribution in [3.05, 3.63) is 25.9 Å². The van der Waals surface area contributed by atoms with Crippen molar-refractivity contribution in [3.63, 3.8) is 0 Å². The molecule has 3 aliphatic rings. The summed E-state index contributed by atoms with van der Waals surface area (Å²) in [6, 6.07) is 1.69. The van der Waals surface area contributed by atoms with Crippen molar-refractivity contribution in [2.24, 2.45) is 23.7 Å². The van der Waals surface area contributed by atoms with E-state index in [1.54, 1.807) is 6.92 Å². The Kier molecular flexibility index (Phi) is 3.25. The SMILES string of the molecule is Cc1sc(C(=O)NC2CC3CC2C2CCCC32)cc1[N+](=O)[O-]. The van der Waals surface area contributed by atoms with E-state index >= 15 is 0 Å². The molecule has 1 heterocycles. The molecule has 1 aromatic rings. The van der Waals surface area contributed by atoms with Crippen molar-refractivity contribution < 1.29 is 9.72 Å². The van der Waals surface area contributed by atoms with Gasteiger partial charge in [0.15, 0.2) is 0 Å². The van der Waals surface area contributed by atoms with Gasteiger partial charge in [-0.25, -0.2) is 0 Å². The Labute approximate surface area is 133 Å².